The zero-order chi connectivity index (χ0) is 23.6. The van der Waals surface area contributed by atoms with Crippen LogP contribution in [0.15, 0.2) is 58.9 Å². The number of nitrogens with one attached hydrogen (secondary N) is 1. The molecule has 1 fully saturated rings. The zero-order valence-corrected chi connectivity index (χ0v) is 18.5. The van der Waals surface area contributed by atoms with E-state index in [0.29, 0.717) is 32.8 Å². The van der Waals surface area contributed by atoms with Crippen molar-refractivity contribution in [1.82, 2.24) is 9.80 Å². The monoisotopic (exact) mass is 450 g/mol. The lowest BCUT2D eigenvalue weighted by atomic mass is 10.1. The molecule has 2 heterocycles. The summed E-state index contributed by atoms with van der Waals surface area (Å²) in [6.45, 7) is 4.09. The maximum absolute atomic E-state index is 12.7. The Hall–Kier alpha value is -4.06. The lowest BCUT2D eigenvalue weighted by Gasteiger charge is -2.33. The van der Waals surface area contributed by atoms with Crippen molar-refractivity contribution in [1.29, 1.82) is 5.26 Å². The Morgan fingerprint density at radius 1 is 1.15 bits per heavy atom. The van der Waals surface area contributed by atoms with Gasteiger partial charge in [0.05, 0.1) is 24.1 Å². The van der Waals surface area contributed by atoms with Gasteiger partial charge in [0.2, 0.25) is 0 Å². The minimum Gasteiger partial charge on any atom is -0.462 e. The van der Waals surface area contributed by atoms with Crippen LogP contribution >= 0.6 is 0 Å². The normalized spacial score (nSPS) is 13.9. The number of benzene rings is 1. The van der Waals surface area contributed by atoms with E-state index in [4.69, 9.17) is 9.15 Å². The van der Waals surface area contributed by atoms with Gasteiger partial charge in [0.15, 0.2) is 5.76 Å². The summed E-state index contributed by atoms with van der Waals surface area (Å²) in [5.41, 5.74) is 0.401. The van der Waals surface area contributed by atoms with E-state index in [2.05, 4.69) is 5.32 Å². The molecule has 9 nitrogen and oxygen atoms in total. The van der Waals surface area contributed by atoms with Crippen LogP contribution in [0.5, 0.6) is 0 Å². The molecule has 33 heavy (non-hydrogen) atoms. The van der Waals surface area contributed by atoms with Crippen molar-refractivity contribution in [3.8, 4) is 6.07 Å². The molecular weight excluding hydrogens is 424 g/mol. The fourth-order valence-corrected chi connectivity index (χ4v) is 3.28. The molecule has 1 aliphatic heterocycles. The van der Waals surface area contributed by atoms with E-state index in [0.717, 1.165) is 12.8 Å². The first kappa shape index (κ1) is 23.6. The van der Waals surface area contributed by atoms with Gasteiger partial charge in [0.1, 0.15) is 11.6 Å². The third-order valence-electron chi connectivity index (χ3n) is 5.14. The predicted molar refractivity (Wildman–Crippen MR) is 120 cm³/mol. The van der Waals surface area contributed by atoms with E-state index in [1.807, 2.05) is 17.9 Å². The number of anilines is 1. The van der Waals surface area contributed by atoms with Gasteiger partial charge in [-0.05, 0) is 30.7 Å². The van der Waals surface area contributed by atoms with Crippen molar-refractivity contribution in [3.05, 3.63) is 65.8 Å². The highest BCUT2D eigenvalue weighted by Crippen LogP contribution is 2.18. The van der Waals surface area contributed by atoms with Gasteiger partial charge in [-0.1, -0.05) is 25.5 Å². The van der Waals surface area contributed by atoms with E-state index in [9.17, 15) is 19.6 Å². The SMILES string of the molecule is CCCCOC(=O)c1ccccc1NC(=O)/C(C#N)=C\N1CCN(C(=O)c2ccco2)CC1. The van der Waals surface area contributed by atoms with E-state index in [1.54, 1.807) is 41.3 Å². The zero-order valence-electron chi connectivity index (χ0n) is 18.5. The second-order valence-corrected chi connectivity index (χ2v) is 7.45. The number of unbranched alkanes of at least 4 members (excludes halogenated alkanes) is 1. The molecule has 0 saturated carbocycles. The van der Waals surface area contributed by atoms with Crippen LogP contribution in [0.25, 0.3) is 0 Å². The quantitative estimate of drug-likeness (QED) is 0.284. The van der Waals surface area contributed by atoms with Crippen LogP contribution in [0.3, 0.4) is 0 Å². The van der Waals surface area contributed by atoms with Gasteiger partial charge < -0.3 is 24.3 Å². The molecule has 2 aromatic rings. The third-order valence-corrected chi connectivity index (χ3v) is 5.14. The lowest BCUT2D eigenvalue weighted by Crippen LogP contribution is -2.47. The van der Waals surface area contributed by atoms with Crippen molar-refractivity contribution >= 4 is 23.5 Å². The summed E-state index contributed by atoms with van der Waals surface area (Å²) in [5, 5.41) is 12.2. The van der Waals surface area contributed by atoms with Crippen molar-refractivity contribution in [3.63, 3.8) is 0 Å². The van der Waals surface area contributed by atoms with Gasteiger partial charge in [-0.15, -0.1) is 0 Å². The van der Waals surface area contributed by atoms with Crippen molar-refractivity contribution < 1.29 is 23.5 Å². The van der Waals surface area contributed by atoms with Crippen LogP contribution in [-0.4, -0.2) is 60.4 Å². The van der Waals surface area contributed by atoms with E-state index < -0.39 is 11.9 Å². The number of hydrogen-bond acceptors (Lipinski definition) is 7. The average Bonchev–Trinajstić information content (AvgIpc) is 3.38. The van der Waals surface area contributed by atoms with Gasteiger partial charge in [-0.3, -0.25) is 9.59 Å². The van der Waals surface area contributed by atoms with Crippen molar-refractivity contribution in [2.75, 3.05) is 38.1 Å². The first-order chi connectivity index (χ1) is 16.0. The molecule has 1 saturated heterocycles. The van der Waals surface area contributed by atoms with E-state index in [-0.39, 0.29) is 28.5 Å². The summed E-state index contributed by atoms with van der Waals surface area (Å²) < 4.78 is 10.4. The van der Waals surface area contributed by atoms with Gasteiger partial charge in [-0.25, -0.2) is 4.79 Å². The number of carbonyl (C=O) groups is 3. The maximum Gasteiger partial charge on any atom is 0.340 e. The molecule has 9 heteroatoms. The molecule has 0 spiro atoms. The number of para-hydroxylation sites is 1. The number of hydrogen-bond donors (Lipinski definition) is 1. The second kappa shape index (κ2) is 11.5. The molecule has 1 N–H and O–H groups in total. The topological polar surface area (TPSA) is 116 Å². The summed E-state index contributed by atoms with van der Waals surface area (Å²) in [4.78, 5) is 40.9. The molecule has 1 aromatic heterocycles. The van der Waals surface area contributed by atoms with E-state index >= 15 is 0 Å². The number of nitrogens with zero attached hydrogens (tertiary/aromatic N) is 3. The minimum atomic E-state index is -0.625. The molecule has 1 aromatic carbocycles. The molecule has 0 bridgehead atoms. The number of furan rings is 1. The summed E-state index contributed by atoms with van der Waals surface area (Å²) in [7, 11) is 0. The Bertz CT molecular complexity index is 1050. The van der Waals surface area contributed by atoms with Gasteiger partial charge in [-0.2, -0.15) is 5.26 Å². The van der Waals surface area contributed by atoms with Crippen molar-refractivity contribution in [2.45, 2.75) is 19.8 Å². The number of ether oxygens (including phenoxy) is 1. The fraction of sp³-hybridized carbons (Fsp3) is 0.333. The van der Waals surface area contributed by atoms with Crippen LogP contribution < -0.4 is 5.32 Å². The predicted octanol–water partition coefficient (Wildman–Crippen LogP) is 3.04. The molecule has 3 rings (SSSR count). The standard InChI is InChI=1S/C24H26N4O5/c1-2-3-14-33-24(31)19-7-4-5-8-20(19)26-22(29)18(16-25)17-27-10-12-28(13-11-27)23(30)21-9-6-15-32-21/h4-9,15,17H,2-3,10-14H2,1H3,(H,26,29)/b18-17-. The number of rotatable bonds is 8. The fourth-order valence-electron chi connectivity index (χ4n) is 3.28. The maximum atomic E-state index is 12.7. The lowest BCUT2D eigenvalue weighted by molar-refractivity contribution is -0.112. The summed E-state index contributed by atoms with van der Waals surface area (Å²) >= 11 is 0. The largest absolute Gasteiger partial charge is 0.462 e. The Balaban J connectivity index is 1.61. The Labute approximate surface area is 192 Å². The Morgan fingerprint density at radius 2 is 1.91 bits per heavy atom. The molecule has 2 amide bonds. The molecule has 0 atom stereocenters. The average molecular weight is 450 g/mol. The molecule has 0 radical (unpaired) electrons. The first-order valence-electron chi connectivity index (χ1n) is 10.8. The smallest absolute Gasteiger partial charge is 0.340 e. The molecule has 1 aliphatic rings. The van der Waals surface area contributed by atoms with Crippen LogP contribution in [0.1, 0.15) is 40.7 Å². The molecular formula is C24H26N4O5. The van der Waals surface area contributed by atoms with Crippen LogP contribution in [0, 0.1) is 11.3 Å². The summed E-state index contributed by atoms with van der Waals surface area (Å²) in [5.74, 6) is -1.06. The first-order valence-corrected chi connectivity index (χ1v) is 10.8. The highest BCUT2D eigenvalue weighted by Gasteiger charge is 2.24. The number of esters is 1. The number of piperazine rings is 1. The highest BCUT2D eigenvalue weighted by molar-refractivity contribution is 6.09. The van der Waals surface area contributed by atoms with Crippen molar-refractivity contribution in [2.24, 2.45) is 0 Å². The van der Waals surface area contributed by atoms with Gasteiger partial charge in [0, 0.05) is 32.4 Å². The van der Waals surface area contributed by atoms with E-state index in [1.165, 1.54) is 12.5 Å². The highest BCUT2D eigenvalue weighted by atomic mass is 16.5. The Morgan fingerprint density at radius 3 is 2.58 bits per heavy atom. The van der Waals surface area contributed by atoms with Crippen LogP contribution in [-0.2, 0) is 9.53 Å². The molecule has 0 unspecified atom stereocenters. The van der Waals surface area contributed by atoms with Crippen LogP contribution in [0.2, 0.25) is 0 Å². The number of nitriles is 1. The molecule has 172 valence electrons. The van der Waals surface area contributed by atoms with Gasteiger partial charge in [0.25, 0.3) is 11.8 Å². The molecule has 0 aliphatic carbocycles. The number of carbonyl (C=O) groups excluding carboxylic acids is 3. The summed E-state index contributed by atoms with van der Waals surface area (Å²) in [6.07, 6.45) is 4.58. The Kier molecular flexibility index (Phi) is 8.24. The minimum absolute atomic E-state index is 0.102. The summed E-state index contributed by atoms with van der Waals surface area (Å²) in [6, 6.07) is 11.7. The third kappa shape index (κ3) is 6.23. The van der Waals surface area contributed by atoms with Gasteiger partial charge >= 0.3 is 5.97 Å². The van der Waals surface area contributed by atoms with Crippen LogP contribution in [0.4, 0.5) is 5.69 Å². The number of amides is 2. The second-order valence-electron chi connectivity index (χ2n) is 7.45.